The zero-order valence-electron chi connectivity index (χ0n) is 29.4. The summed E-state index contributed by atoms with van der Waals surface area (Å²) in [5.74, 6) is 0. The molecule has 0 radical (unpaired) electrons. The summed E-state index contributed by atoms with van der Waals surface area (Å²) < 4.78 is 6.90. The second-order valence-corrected chi connectivity index (χ2v) is 13.2. The minimum atomic E-state index is 0.143. The molecule has 0 heterocycles. The zero-order chi connectivity index (χ0) is 31.3. The Morgan fingerprint density at radius 1 is 0.372 bits per heavy atom. The van der Waals surface area contributed by atoms with Gasteiger partial charge in [-0.05, 0) is 51.4 Å². The quantitative estimate of drug-likeness (QED) is 0.0551. The molecule has 0 aliphatic rings. The molecule has 0 aliphatic carbocycles. The van der Waals surface area contributed by atoms with E-state index < -0.39 is 0 Å². The molecule has 2 unspecified atom stereocenters. The van der Waals surface area contributed by atoms with Gasteiger partial charge in [0.05, 0.1) is 25.4 Å². The molecule has 0 saturated carbocycles. The highest BCUT2D eigenvalue weighted by Gasteiger charge is 2.16. The SMILES string of the molecule is CCCCCCCCCCCCCC(CCCC=CCO)OC(CCCC=CCO)CCCCCCCCCCCCC. The number of unbranched alkanes of at least 4 members (excludes halogenated alkanes) is 22. The first kappa shape index (κ1) is 42.4. The van der Waals surface area contributed by atoms with Crippen molar-refractivity contribution in [2.75, 3.05) is 13.2 Å². The van der Waals surface area contributed by atoms with Gasteiger partial charge >= 0.3 is 0 Å². The Morgan fingerprint density at radius 3 is 0.953 bits per heavy atom. The van der Waals surface area contributed by atoms with Crippen LogP contribution in [-0.2, 0) is 4.74 Å². The third-order valence-corrected chi connectivity index (χ3v) is 8.98. The van der Waals surface area contributed by atoms with Crippen molar-refractivity contribution in [2.45, 2.75) is 219 Å². The molecular weight excluding hydrogens is 528 g/mol. The fraction of sp³-hybridized carbons (Fsp3) is 0.900. The van der Waals surface area contributed by atoms with Gasteiger partial charge < -0.3 is 14.9 Å². The number of aliphatic hydroxyl groups is 2. The number of hydrogen-bond acceptors (Lipinski definition) is 3. The average Bonchev–Trinajstić information content (AvgIpc) is 3.01. The Balaban J connectivity index is 4.52. The van der Waals surface area contributed by atoms with Gasteiger partial charge in [0.25, 0.3) is 0 Å². The van der Waals surface area contributed by atoms with Crippen LogP contribution < -0.4 is 0 Å². The molecule has 0 aromatic carbocycles. The maximum atomic E-state index is 9.07. The van der Waals surface area contributed by atoms with Crippen molar-refractivity contribution in [3.8, 4) is 0 Å². The average molecular weight is 607 g/mol. The van der Waals surface area contributed by atoms with Crippen LogP contribution in [0.1, 0.15) is 206 Å². The van der Waals surface area contributed by atoms with E-state index in [4.69, 9.17) is 14.9 Å². The van der Waals surface area contributed by atoms with Crippen LogP contribution in [-0.4, -0.2) is 35.6 Å². The smallest absolute Gasteiger partial charge is 0.0612 e. The van der Waals surface area contributed by atoms with Gasteiger partial charge in [0.2, 0.25) is 0 Å². The summed E-state index contributed by atoms with van der Waals surface area (Å²) >= 11 is 0. The third-order valence-electron chi connectivity index (χ3n) is 8.98. The van der Waals surface area contributed by atoms with Crippen LogP contribution in [0, 0.1) is 0 Å². The van der Waals surface area contributed by atoms with Gasteiger partial charge in [-0.3, -0.25) is 0 Å². The molecule has 0 aromatic heterocycles. The fourth-order valence-electron chi connectivity index (χ4n) is 6.22. The van der Waals surface area contributed by atoms with Gasteiger partial charge in [-0.2, -0.15) is 0 Å². The van der Waals surface area contributed by atoms with Crippen molar-refractivity contribution in [1.29, 1.82) is 0 Å². The van der Waals surface area contributed by atoms with E-state index in [-0.39, 0.29) is 13.2 Å². The van der Waals surface area contributed by atoms with Crippen LogP contribution in [0.5, 0.6) is 0 Å². The Bertz CT molecular complexity index is 510. The topological polar surface area (TPSA) is 49.7 Å². The Labute approximate surface area is 270 Å². The van der Waals surface area contributed by atoms with Gasteiger partial charge in [-0.25, -0.2) is 0 Å². The summed E-state index contributed by atoms with van der Waals surface area (Å²) in [6.45, 7) is 4.87. The zero-order valence-corrected chi connectivity index (χ0v) is 29.4. The highest BCUT2D eigenvalue weighted by molar-refractivity contribution is 4.82. The van der Waals surface area contributed by atoms with E-state index in [9.17, 15) is 0 Å². The molecule has 0 aromatic rings. The lowest BCUT2D eigenvalue weighted by Gasteiger charge is -2.25. The van der Waals surface area contributed by atoms with E-state index in [2.05, 4.69) is 26.0 Å². The first-order chi connectivity index (χ1) is 21.3. The van der Waals surface area contributed by atoms with Gasteiger partial charge in [0.15, 0.2) is 0 Å². The van der Waals surface area contributed by atoms with Crippen molar-refractivity contribution in [2.24, 2.45) is 0 Å². The van der Waals surface area contributed by atoms with Crippen LogP contribution in [0.4, 0.5) is 0 Å². The standard InChI is InChI=1S/C40H78O3/c1-3-5-7-9-11-13-15-17-19-21-27-33-39(35-29-23-25-31-37-41)43-40(36-30-24-26-32-38-42)34-28-22-20-18-16-14-12-10-8-6-4-2/h25-26,31-32,39-42H,3-24,27-30,33-38H2,1-2H3. The van der Waals surface area contributed by atoms with Crippen LogP contribution >= 0.6 is 0 Å². The Hall–Kier alpha value is -0.640. The highest BCUT2D eigenvalue weighted by atomic mass is 16.5. The monoisotopic (exact) mass is 607 g/mol. The summed E-state index contributed by atoms with van der Waals surface area (Å²) in [7, 11) is 0. The molecule has 0 saturated heterocycles. The molecule has 2 atom stereocenters. The minimum Gasteiger partial charge on any atom is -0.392 e. The van der Waals surface area contributed by atoms with E-state index >= 15 is 0 Å². The van der Waals surface area contributed by atoms with E-state index in [0.717, 1.165) is 38.5 Å². The summed E-state index contributed by atoms with van der Waals surface area (Å²) in [6, 6.07) is 0. The van der Waals surface area contributed by atoms with E-state index in [1.54, 1.807) is 0 Å². The molecule has 0 rings (SSSR count). The van der Waals surface area contributed by atoms with Gasteiger partial charge in [-0.15, -0.1) is 0 Å². The lowest BCUT2D eigenvalue weighted by Crippen LogP contribution is -2.23. The molecule has 3 heteroatoms. The number of rotatable bonds is 36. The van der Waals surface area contributed by atoms with Gasteiger partial charge in [0.1, 0.15) is 0 Å². The molecule has 0 fully saturated rings. The summed E-state index contributed by atoms with van der Waals surface area (Å²) in [5, 5.41) is 18.1. The van der Waals surface area contributed by atoms with E-state index in [1.807, 2.05) is 12.2 Å². The summed E-state index contributed by atoms with van der Waals surface area (Å²) in [6.07, 6.45) is 48.2. The molecule has 2 N–H and O–H groups in total. The van der Waals surface area contributed by atoms with Crippen molar-refractivity contribution in [3.63, 3.8) is 0 Å². The van der Waals surface area contributed by atoms with Crippen LogP contribution in [0.2, 0.25) is 0 Å². The molecule has 0 amide bonds. The lowest BCUT2D eigenvalue weighted by atomic mass is 10.00. The Morgan fingerprint density at radius 2 is 0.651 bits per heavy atom. The summed E-state index contributed by atoms with van der Waals surface area (Å²) in [4.78, 5) is 0. The third kappa shape index (κ3) is 34.1. The maximum Gasteiger partial charge on any atom is 0.0612 e. The Kier molecular flexibility index (Phi) is 37.0. The predicted molar refractivity (Wildman–Crippen MR) is 191 cm³/mol. The molecule has 0 bridgehead atoms. The number of allylic oxidation sites excluding steroid dienone is 2. The molecular formula is C40H78O3. The molecule has 0 aliphatic heterocycles. The van der Waals surface area contributed by atoms with Gasteiger partial charge in [0, 0.05) is 0 Å². The number of aliphatic hydroxyl groups excluding tert-OH is 2. The summed E-state index contributed by atoms with van der Waals surface area (Å²) in [5.41, 5.74) is 0. The molecule has 3 nitrogen and oxygen atoms in total. The first-order valence-corrected chi connectivity index (χ1v) is 19.5. The van der Waals surface area contributed by atoms with Crippen molar-refractivity contribution >= 4 is 0 Å². The van der Waals surface area contributed by atoms with Crippen LogP contribution in [0.25, 0.3) is 0 Å². The minimum absolute atomic E-state index is 0.143. The maximum absolute atomic E-state index is 9.07. The lowest BCUT2D eigenvalue weighted by molar-refractivity contribution is -0.0317. The van der Waals surface area contributed by atoms with Crippen LogP contribution in [0.15, 0.2) is 24.3 Å². The normalized spacial score (nSPS) is 13.5. The fourth-order valence-corrected chi connectivity index (χ4v) is 6.22. The molecule has 256 valence electrons. The van der Waals surface area contributed by atoms with Gasteiger partial charge in [-0.1, -0.05) is 179 Å². The van der Waals surface area contributed by atoms with E-state index in [1.165, 1.54) is 154 Å². The first-order valence-electron chi connectivity index (χ1n) is 19.5. The predicted octanol–water partition coefficient (Wildman–Crippen LogP) is 12.6. The van der Waals surface area contributed by atoms with Crippen molar-refractivity contribution in [3.05, 3.63) is 24.3 Å². The largest absolute Gasteiger partial charge is 0.392 e. The van der Waals surface area contributed by atoms with E-state index in [0.29, 0.717) is 12.2 Å². The van der Waals surface area contributed by atoms with Crippen molar-refractivity contribution in [1.82, 2.24) is 0 Å². The second-order valence-electron chi connectivity index (χ2n) is 13.2. The molecule has 0 spiro atoms. The van der Waals surface area contributed by atoms with Crippen LogP contribution in [0.3, 0.4) is 0 Å². The second kappa shape index (κ2) is 37.5. The molecule has 43 heavy (non-hydrogen) atoms. The number of ether oxygens (including phenoxy) is 1. The highest BCUT2D eigenvalue weighted by Crippen LogP contribution is 2.23. The van der Waals surface area contributed by atoms with Crippen molar-refractivity contribution < 1.29 is 14.9 Å². The number of hydrogen-bond donors (Lipinski definition) is 2.